The predicted molar refractivity (Wildman–Crippen MR) is 142 cm³/mol. The molecule has 35 heavy (non-hydrogen) atoms. The van der Waals surface area contributed by atoms with Crippen molar-refractivity contribution in [2.24, 2.45) is 0 Å². The van der Waals surface area contributed by atoms with Crippen molar-refractivity contribution < 1.29 is 4.79 Å². The second-order valence-electron chi connectivity index (χ2n) is 10.2. The summed E-state index contributed by atoms with van der Waals surface area (Å²) in [6.45, 7) is 7.24. The number of likely N-dealkylation sites (tertiary alicyclic amines) is 1. The highest BCUT2D eigenvalue weighted by molar-refractivity contribution is 5.94. The fourth-order valence-electron chi connectivity index (χ4n) is 5.40. The summed E-state index contributed by atoms with van der Waals surface area (Å²) in [7, 11) is 4.17. The van der Waals surface area contributed by atoms with E-state index in [2.05, 4.69) is 43.9 Å². The van der Waals surface area contributed by atoms with Gasteiger partial charge in [0.1, 0.15) is 5.69 Å². The van der Waals surface area contributed by atoms with Gasteiger partial charge in [0.2, 0.25) is 5.95 Å². The number of benzene rings is 1. The van der Waals surface area contributed by atoms with Gasteiger partial charge in [-0.05, 0) is 70.1 Å². The highest BCUT2D eigenvalue weighted by Gasteiger charge is 2.30. The number of hydrogen-bond acceptors (Lipinski definition) is 7. The minimum Gasteiger partial charge on any atom is -0.351 e. The maximum atomic E-state index is 12.7. The maximum absolute atomic E-state index is 12.7. The Morgan fingerprint density at radius 2 is 1.74 bits per heavy atom. The van der Waals surface area contributed by atoms with Gasteiger partial charge in [-0.15, -0.1) is 0 Å². The van der Waals surface area contributed by atoms with Crippen LogP contribution in [0.15, 0.2) is 42.7 Å². The fourth-order valence-corrected chi connectivity index (χ4v) is 5.40. The minimum absolute atomic E-state index is 0.0112. The third-order valence-electron chi connectivity index (χ3n) is 7.72. The first-order valence-electron chi connectivity index (χ1n) is 12.9. The van der Waals surface area contributed by atoms with Crippen molar-refractivity contribution >= 4 is 29.0 Å². The summed E-state index contributed by atoms with van der Waals surface area (Å²) < 4.78 is 0. The van der Waals surface area contributed by atoms with E-state index in [-0.39, 0.29) is 11.9 Å². The zero-order valence-corrected chi connectivity index (χ0v) is 21.0. The average molecular weight is 476 g/mol. The number of carbonyl (C=O) groups excluding carboxylic acids is 1. The molecule has 0 bridgehead atoms. The highest BCUT2D eigenvalue weighted by Crippen LogP contribution is 2.37. The van der Waals surface area contributed by atoms with Crippen LogP contribution in [-0.2, 0) is 0 Å². The molecule has 1 aromatic carbocycles. The summed E-state index contributed by atoms with van der Waals surface area (Å²) in [6.07, 6.45) is 9.80. The molecule has 1 amide bonds. The zero-order chi connectivity index (χ0) is 24.4. The lowest BCUT2D eigenvalue weighted by Gasteiger charge is -2.30. The topological polar surface area (TPSA) is 76.6 Å². The molecule has 1 saturated carbocycles. The SMILES string of the molecule is C=C1CCN(C2CCCC2)c2nc(Nc3ccc(C(=O)NC4CCN(C)CC4)cc3)ncc2N1C. The minimum atomic E-state index is -0.0112. The van der Waals surface area contributed by atoms with Crippen LogP contribution in [-0.4, -0.2) is 66.6 Å². The fraction of sp³-hybridized carbons (Fsp3) is 0.519. The molecular formula is C27H37N7O. The molecule has 1 saturated heterocycles. The van der Waals surface area contributed by atoms with Crippen molar-refractivity contribution in [2.75, 3.05) is 48.8 Å². The van der Waals surface area contributed by atoms with Gasteiger partial charge >= 0.3 is 0 Å². The zero-order valence-electron chi connectivity index (χ0n) is 21.0. The molecule has 186 valence electrons. The van der Waals surface area contributed by atoms with Crippen LogP contribution in [0.25, 0.3) is 0 Å². The smallest absolute Gasteiger partial charge is 0.251 e. The normalized spacial score (nSPS) is 20.0. The van der Waals surface area contributed by atoms with E-state index in [1.54, 1.807) is 0 Å². The average Bonchev–Trinajstić information content (AvgIpc) is 3.36. The number of hydrogen-bond donors (Lipinski definition) is 2. The van der Waals surface area contributed by atoms with Crippen LogP contribution in [0.1, 0.15) is 55.3 Å². The molecule has 2 aliphatic heterocycles. The van der Waals surface area contributed by atoms with Crippen LogP contribution in [0.4, 0.5) is 23.1 Å². The first kappa shape index (κ1) is 23.6. The number of anilines is 4. The Morgan fingerprint density at radius 1 is 1.03 bits per heavy atom. The Balaban J connectivity index is 1.29. The van der Waals surface area contributed by atoms with Crippen LogP contribution in [0.3, 0.4) is 0 Å². The van der Waals surface area contributed by atoms with Gasteiger partial charge in [-0.25, -0.2) is 4.98 Å². The molecule has 1 aromatic heterocycles. The Bertz CT molecular complexity index is 1060. The number of nitrogens with one attached hydrogen (secondary N) is 2. The predicted octanol–water partition coefficient (Wildman–Crippen LogP) is 4.15. The largest absolute Gasteiger partial charge is 0.351 e. The van der Waals surface area contributed by atoms with Crippen LogP contribution < -0.4 is 20.4 Å². The molecule has 2 fully saturated rings. The molecule has 5 rings (SSSR count). The van der Waals surface area contributed by atoms with Gasteiger partial charge in [-0.2, -0.15) is 4.98 Å². The highest BCUT2D eigenvalue weighted by atomic mass is 16.1. The Labute approximate surface area is 208 Å². The maximum Gasteiger partial charge on any atom is 0.251 e. The molecule has 2 aromatic rings. The summed E-state index contributed by atoms with van der Waals surface area (Å²) in [5.41, 5.74) is 3.63. The summed E-state index contributed by atoms with van der Waals surface area (Å²) >= 11 is 0. The van der Waals surface area contributed by atoms with Gasteiger partial charge in [-0.1, -0.05) is 19.4 Å². The van der Waals surface area contributed by atoms with Crippen molar-refractivity contribution in [1.82, 2.24) is 20.2 Å². The molecule has 8 heteroatoms. The standard InChI is InChI=1S/C27H37N7O/c1-19-12-17-34(23-6-4-5-7-23)25-24(33(19)3)18-28-27(31-25)30-21-10-8-20(9-11-21)26(35)29-22-13-15-32(2)16-14-22/h8-11,18,22-23H,1,4-7,12-17H2,2-3H3,(H,29,35)(H,28,30,31). The molecule has 8 nitrogen and oxygen atoms in total. The number of amides is 1. The summed E-state index contributed by atoms with van der Waals surface area (Å²) in [6, 6.07) is 8.33. The Hall–Kier alpha value is -3.13. The first-order valence-corrected chi connectivity index (χ1v) is 12.9. The third kappa shape index (κ3) is 5.27. The van der Waals surface area contributed by atoms with Crippen LogP contribution in [0, 0.1) is 0 Å². The third-order valence-corrected chi connectivity index (χ3v) is 7.72. The number of carbonyl (C=O) groups is 1. The number of piperidine rings is 1. The molecule has 0 atom stereocenters. The van der Waals surface area contributed by atoms with E-state index >= 15 is 0 Å². The van der Waals surface area contributed by atoms with E-state index < -0.39 is 0 Å². The van der Waals surface area contributed by atoms with Gasteiger partial charge in [0.25, 0.3) is 5.91 Å². The second-order valence-corrected chi connectivity index (χ2v) is 10.2. The monoisotopic (exact) mass is 475 g/mol. The van der Waals surface area contributed by atoms with E-state index in [0.29, 0.717) is 17.6 Å². The number of fused-ring (bicyclic) bond motifs is 1. The lowest BCUT2D eigenvalue weighted by Crippen LogP contribution is -2.43. The summed E-state index contributed by atoms with van der Waals surface area (Å²) in [4.78, 5) is 29.1. The summed E-state index contributed by atoms with van der Waals surface area (Å²) in [5, 5.41) is 6.51. The van der Waals surface area contributed by atoms with Gasteiger partial charge in [0.15, 0.2) is 5.82 Å². The van der Waals surface area contributed by atoms with Gasteiger partial charge < -0.3 is 25.3 Å². The number of rotatable bonds is 5. The van der Waals surface area contributed by atoms with Crippen molar-refractivity contribution in [3.63, 3.8) is 0 Å². The van der Waals surface area contributed by atoms with Crippen molar-refractivity contribution in [3.8, 4) is 0 Å². The Kier molecular flexibility index (Phi) is 6.90. The lowest BCUT2D eigenvalue weighted by atomic mass is 10.0. The molecule has 3 aliphatic rings. The number of aromatic nitrogens is 2. The number of nitrogens with zero attached hydrogens (tertiary/aromatic N) is 5. The molecule has 1 aliphatic carbocycles. The van der Waals surface area contributed by atoms with Gasteiger partial charge in [0.05, 0.1) is 6.20 Å². The van der Waals surface area contributed by atoms with Gasteiger partial charge in [0, 0.05) is 49.0 Å². The second kappa shape index (κ2) is 10.2. The van der Waals surface area contributed by atoms with Crippen LogP contribution >= 0.6 is 0 Å². The lowest BCUT2D eigenvalue weighted by molar-refractivity contribution is 0.0917. The van der Waals surface area contributed by atoms with Crippen LogP contribution in [0.5, 0.6) is 0 Å². The van der Waals surface area contributed by atoms with Crippen LogP contribution in [0.2, 0.25) is 0 Å². The van der Waals surface area contributed by atoms with E-state index in [9.17, 15) is 4.79 Å². The first-order chi connectivity index (χ1) is 17.0. The molecule has 2 N–H and O–H groups in total. The summed E-state index contributed by atoms with van der Waals surface area (Å²) in [5.74, 6) is 1.53. The molecular weight excluding hydrogens is 438 g/mol. The van der Waals surface area contributed by atoms with E-state index in [0.717, 1.165) is 61.8 Å². The van der Waals surface area contributed by atoms with Crippen molar-refractivity contribution in [3.05, 3.63) is 48.3 Å². The van der Waals surface area contributed by atoms with E-state index in [4.69, 9.17) is 4.98 Å². The molecule has 0 spiro atoms. The van der Waals surface area contributed by atoms with Gasteiger partial charge in [-0.3, -0.25) is 4.79 Å². The van der Waals surface area contributed by atoms with Crippen molar-refractivity contribution in [1.29, 1.82) is 0 Å². The quantitative estimate of drug-likeness (QED) is 0.673. The Morgan fingerprint density at radius 3 is 2.46 bits per heavy atom. The van der Waals surface area contributed by atoms with Crippen molar-refractivity contribution in [2.45, 2.75) is 57.0 Å². The molecule has 0 unspecified atom stereocenters. The van der Waals surface area contributed by atoms with E-state index in [1.165, 1.54) is 25.7 Å². The molecule has 0 radical (unpaired) electrons. The van der Waals surface area contributed by atoms with E-state index in [1.807, 2.05) is 37.5 Å². The molecule has 3 heterocycles.